The van der Waals surface area contributed by atoms with Crippen LogP contribution in [0.5, 0.6) is 5.75 Å². The third-order valence-electron chi connectivity index (χ3n) is 5.44. The van der Waals surface area contributed by atoms with Crippen LogP contribution in [0.1, 0.15) is 31.9 Å². The molecule has 1 aromatic heterocycles. The SMILES string of the molecule is Cc1ccc(OCc2csc(C(=O)N3CCN(Cc4cccc(C)c4)CC3)c2)cc1. The third kappa shape index (κ3) is 5.29. The first kappa shape index (κ1) is 20.6. The van der Waals surface area contributed by atoms with Gasteiger partial charge in [-0.25, -0.2) is 0 Å². The van der Waals surface area contributed by atoms with Gasteiger partial charge in [-0.1, -0.05) is 47.5 Å². The average Bonchev–Trinajstić information content (AvgIpc) is 3.22. The average molecular weight is 421 g/mol. The molecule has 0 bridgehead atoms. The summed E-state index contributed by atoms with van der Waals surface area (Å²) in [5.74, 6) is 0.987. The van der Waals surface area contributed by atoms with Crippen molar-refractivity contribution < 1.29 is 9.53 Å². The molecule has 0 aliphatic carbocycles. The molecular formula is C25H28N2O2S. The number of benzene rings is 2. The molecule has 1 aliphatic rings. The first-order chi connectivity index (χ1) is 14.6. The number of rotatable bonds is 6. The molecule has 0 radical (unpaired) electrons. The molecule has 1 saturated heterocycles. The maximum Gasteiger partial charge on any atom is 0.264 e. The van der Waals surface area contributed by atoms with E-state index in [4.69, 9.17) is 4.74 Å². The summed E-state index contributed by atoms with van der Waals surface area (Å²) in [5.41, 5.74) is 4.89. The molecule has 30 heavy (non-hydrogen) atoms. The molecule has 4 nitrogen and oxygen atoms in total. The summed E-state index contributed by atoms with van der Waals surface area (Å²) in [4.78, 5) is 18.1. The second kappa shape index (κ2) is 9.45. The van der Waals surface area contributed by atoms with Crippen LogP contribution in [-0.4, -0.2) is 41.9 Å². The fourth-order valence-corrected chi connectivity index (χ4v) is 4.56. The summed E-state index contributed by atoms with van der Waals surface area (Å²) >= 11 is 1.51. The monoisotopic (exact) mass is 420 g/mol. The Morgan fingerprint density at radius 3 is 2.43 bits per heavy atom. The summed E-state index contributed by atoms with van der Waals surface area (Å²) < 4.78 is 5.84. The minimum absolute atomic E-state index is 0.136. The van der Waals surface area contributed by atoms with E-state index in [1.165, 1.54) is 28.0 Å². The zero-order valence-corrected chi connectivity index (χ0v) is 18.5. The zero-order valence-electron chi connectivity index (χ0n) is 17.6. The van der Waals surface area contributed by atoms with Crippen molar-refractivity contribution in [1.29, 1.82) is 0 Å². The van der Waals surface area contributed by atoms with Crippen molar-refractivity contribution in [2.45, 2.75) is 27.0 Å². The Morgan fingerprint density at radius 2 is 1.70 bits per heavy atom. The molecule has 3 aromatic rings. The van der Waals surface area contributed by atoms with Crippen molar-refractivity contribution in [1.82, 2.24) is 9.80 Å². The van der Waals surface area contributed by atoms with E-state index < -0.39 is 0 Å². The van der Waals surface area contributed by atoms with E-state index in [1.54, 1.807) is 0 Å². The number of hydrogen-bond donors (Lipinski definition) is 0. The lowest BCUT2D eigenvalue weighted by Crippen LogP contribution is -2.48. The van der Waals surface area contributed by atoms with Gasteiger partial charge >= 0.3 is 0 Å². The van der Waals surface area contributed by atoms with Gasteiger partial charge in [0, 0.05) is 38.3 Å². The summed E-state index contributed by atoms with van der Waals surface area (Å²) in [7, 11) is 0. The van der Waals surface area contributed by atoms with E-state index in [2.05, 4.69) is 43.0 Å². The molecule has 0 atom stereocenters. The maximum atomic E-state index is 12.9. The minimum Gasteiger partial charge on any atom is -0.489 e. The Morgan fingerprint density at radius 1 is 0.933 bits per heavy atom. The molecule has 2 aromatic carbocycles. The van der Waals surface area contributed by atoms with E-state index in [0.717, 1.165) is 48.9 Å². The molecule has 156 valence electrons. The van der Waals surface area contributed by atoms with Crippen molar-refractivity contribution in [3.63, 3.8) is 0 Å². The fraction of sp³-hybridized carbons (Fsp3) is 0.320. The lowest BCUT2D eigenvalue weighted by molar-refractivity contribution is 0.0633. The van der Waals surface area contributed by atoms with Crippen LogP contribution in [-0.2, 0) is 13.2 Å². The van der Waals surface area contributed by atoms with Gasteiger partial charge in [0.2, 0.25) is 0 Å². The Balaban J connectivity index is 1.27. The predicted octanol–water partition coefficient (Wildman–Crippen LogP) is 4.90. The number of carbonyl (C=O) groups excluding carboxylic acids is 1. The lowest BCUT2D eigenvalue weighted by Gasteiger charge is -2.34. The highest BCUT2D eigenvalue weighted by Gasteiger charge is 2.23. The number of carbonyl (C=O) groups is 1. The Bertz CT molecular complexity index is 988. The van der Waals surface area contributed by atoms with Crippen molar-refractivity contribution >= 4 is 17.2 Å². The number of amides is 1. The highest BCUT2D eigenvalue weighted by Crippen LogP contribution is 2.21. The fourth-order valence-electron chi connectivity index (χ4n) is 3.70. The third-order valence-corrected chi connectivity index (χ3v) is 6.41. The van der Waals surface area contributed by atoms with E-state index in [1.807, 2.05) is 40.6 Å². The van der Waals surface area contributed by atoms with Crippen molar-refractivity contribution in [2.75, 3.05) is 26.2 Å². The van der Waals surface area contributed by atoms with Crippen molar-refractivity contribution in [3.05, 3.63) is 87.1 Å². The molecule has 1 aliphatic heterocycles. The molecule has 2 heterocycles. The van der Waals surface area contributed by atoms with Crippen LogP contribution in [0.4, 0.5) is 0 Å². The van der Waals surface area contributed by atoms with Crippen LogP contribution in [0.2, 0.25) is 0 Å². The highest BCUT2D eigenvalue weighted by atomic mass is 32.1. The number of aryl methyl sites for hydroxylation is 2. The molecule has 4 rings (SSSR count). The van der Waals surface area contributed by atoms with Gasteiger partial charge in [0.25, 0.3) is 5.91 Å². The molecule has 0 spiro atoms. The second-order valence-corrected chi connectivity index (χ2v) is 8.89. The molecule has 1 fully saturated rings. The molecular weight excluding hydrogens is 392 g/mol. The smallest absolute Gasteiger partial charge is 0.264 e. The van der Waals surface area contributed by atoms with Gasteiger partial charge < -0.3 is 9.64 Å². The number of hydrogen-bond acceptors (Lipinski definition) is 4. The van der Waals surface area contributed by atoms with Crippen LogP contribution >= 0.6 is 11.3 Å². The zero-order chi connectivity index (χ0) is 20.9. The molecule has 0 unspecified atom stereocenters. The summed E-state index contributed by atoms with van der Waals surface area (Å²) in [6.45, 7) is 8.99. The van der Waals surface area contributed by atoms with Crippen LogP contribution in [0, 0.1) is 13.8 Å². The van der Waals surface area contributed by atoms with Gasteiger partial charge in [-0.15, -0.1) is 11.3 Å². The molecule has 1 amide bonds. The van der Waals surface area contributed by atoms with Crippen molar-refractivity contribution in [2.24, 2.45) is 0 Å². The summed E-state index contributed by atoms with van der Waals surface area (Å²) in [5, 5.41) is 2.02. The second-order valence-electron chi connectivity index (χ2n) is 7.98. The summed E-state index contributed by atoms with van der Waals surface area (Å²) in [6.07, 6.45) is 0. The van der Waals surface area contributed by atoms with Crippen LogP contribution < -0.4 is 4.74 Å². The molecule has 0 saturated carbocycles. The van der Waals surface area contributed by atoms with Gasteiger partial charge in [0.05, 0.1) is 4.88 Å². The maximum absolute atomic E-state index is 12.9. The van der Waals surface area contributed by atoms with Gasteiger partial charge in [0.1, 0.15) is 12.4 Å². The van der Waals surface area contributed by atoms with E-state index >= 15 is 0 Å². The van der Waals surface area contributed by atoms with Gasteiger partial charge in [-0.05, 0) is 43.0 Å². The first-order valence-corrected chi connectivity index (χ1v) is 11.3. The predicted molar refractivity (Wildman–Crippen MR) is 122 cm³/mol. The summed E-state index contributed by atoms with van der Waals surface area (Å²) in [6, 6.07) is 18.7. The van der Waals surface area contributed by atoms with E-state index in [0.29, 0.717) is 6.61 Å². The van der Waals surface area contributed by atoms with E-state index in [-0.39, 0.29) is 5.91 Å². The number of nitrogens with zero attached hydrogens (tertiary/aromatic N) is 2. The molecule has 5 heteroatoms. The van der Waals surface area contributed by atoms with Crippen molar-refractivity contribution in [3.8, 4) is 5.75 Å². The number of piperazine rings is 1. The van der Waals surface area contributed by atoms with Gasteiger partial charge in [0.15, 0.2) is 0 Å². The lowest BCUT2D eigenvalue weighted by atomic mass is 10.1. The Kier molecular flexibility index (Phi) is 6.50. The van der Waals surface area contributed by atoms with Crippen LogP contribution in [0.25, 0.3) is 0 Å². The highest BCUT2D eigenvalue weighted by molar-refractivity contribution is 7.12. The Labute approximate surface area is 182 Å². The standard InChI is InChI=1S/C25H28N2O2S/c1-19-6-8-23(9-7-19)29-17-22-15-24(30-18-22)25(28)27-12-10-26(11-13-27)16-21-5-3-4-20(2)14-21/h3-9,14-15,18H,10-13,16-17H2,1-2H3. The Hall–Kier alpha value is -2.63. The topological polar surface area (TPSA) is 32.8 Å². The van der Waals surface area contributed by atoms with Crippen LogP contribution in [0.15, 0.2) is 60.0 Å². The van der Waals surface area contributed by atoms with E-state index in [9.17, 15) is 4.79 Å². The van der Waals surface area contributed by atoms with Gasteiger partial charge in [-0.3, -0.25) is 9.69 Å². The largest absolute Gasteiger partial charge is 0.489 e. The number of thiophene rings is 1. The number of ether oxygens (including phenoxy) is 1. The minimum atomic E-state index is 0.136. The molecule has 0 N–H and O–H groups in total. The first-order valence-electron chi connectivity index (χ1n) is 10.4. The van der Waals surface area contributed by atoms with Gasteiger partial charge in [-0.2, -0.15) is 0 Å². The normalized spacial score (nSPS) is 14.7. The van der Waals surface area contributed by atoms with Crippen LogP contribution in [0.3, 0.4) is 0 Å². The quantitative estimate of drug-likeness (QED) is 0.568.